The van der Waals surface area contributed by atoms with E-state index in [0.29, 0.717) is 0 Å². The predicted molar refractivity (Wildman–Crippen MR) is 31.9 cm³/mol. The lowest BCUT2D eigenvalue weighted by atomic mass is 11.0. The van der Waals surface area contributed by atoms with Crippen LogP contribution in [0.15, 0.2) is 0 Å². The molecule has 1 aliphatic rings. The molecule has 1 saturated carbocycles. The molecular formula is C5H9O2S. The molecule has 47 valence electrons. The minimum Gasteiger partial charge on any atom is -0.228 e. The van der Waals surface area contributed by atoms with Gasteiger partial charge < -0.3 is 0 Å². The van der Waals surface area contributed by atoms with Crippen LogP contribution >= 0.6 is 0 Å². The molecule has 0 N–H and O–H groups in total. The molecule has 0 saturated heterocycles. The van der Waals surface area contributed by atoms with E-state index < -0.39 is 9.84 Å². The van der Waals surface area contributed by atoms with Gasteiger partial charge in [-0.2, -0.15) is 0 Å². The Morgan fingerprint density at radius 1 is 1.50 bits per heavy atom. The van der Waals surface area contributed by atoms with E-state index in [2.05, 4.69) is 0 Å². The minimum absolute atomic E-state index is 0.0208. The van der Waals surface area contributed by atoms with E-state index in [1.807, 2.05) is 0 Å². The van der Waals surface area contributed by atoms with Crippen molar-refractivity contribution in [2.75, 3.05) is 0 Å². The van der Waals surface area contributed by atoms with Crippen LogP contribution in [-0.2, 0) is 9.84 Å². The first-order valence-corrected chi connectivity index (χ1v) is 4.31. The standard InChI is InChI=1S/C5H9O2S/c1-2-8(6,7)5-3-4-5/h2,5H,3-4H2,1H3. The van der Waals surface area contributed by atoms with Gasteiger partial charge in [0.1, 0.15) is 0 Å². The Labute approximate surface area is 49.8 Å². The van der Waals surface area contributed by atoms with E-state index in [1.54, 1.807) is 6.92 Å². The summed E-state index contributed by atoms with van der Waals surface area (Å²) in [6.07, 6.45) is 1.74. The van der Waals surface area contributed by atoms with E-state index in [0.717, 1.165) is 12.8 Å². The van der Waals surface area contributed by atoms with Crippen molar-refractivity contribution in [2.24, 2.45) is 0 Å². The highest BCUT2D eigenvalue weighted by Crippen LogP contribution is 2.29. The van der Waals surface area contributed by atoms with Crippen LogP contribution < -0.4 is 0 Å². The monoisotopic (exact) mass is 133 g/mol. The van der Waals surface area contributed by atoms with E-state index in [1.165, 1.54) is 5.75 Å². The molecule has 3 heteroatoms. The summed E-state index contributed by atoms with van der Waals surface area (Å²) in [6, 6.07) is 0. The van der Waals surface area contributed by atoms with Gasteiger partial charge >= 0.3 is 0 Å². The van der Waals surface area contributed by atoms with Crippen molar-refractivity contribution in [3.05, 3.63) is 5.75 Å². The minimum atomic E-state index is -2.75. The van der Waals surface area contributed by atoms with Crippen LogP contribution in [-0.4, -0.2) is 13.7 Å². The number of hydrogen-bond acceptors (Lipinski definition) is 2. The topological polar surface area (TPSA) is 34.1 Å². The van der Waals surface area contributed by atoms with Crippen LogP contribution in [0.1, 0.15) is 19.8 Å². The Morgan fingerprint density at radius 2 is 2.00 bits per heavy atom. The average molecular weight is 133 g/mol. The van der Waals surface area contributed by atoms with Crippen LogP contribution in [0.5, 0.6) is 0 Å². The normalized spacial score (nSPS) is 21.1. The van der Waals surface area contributed by atoms with E-state index >= 15 is 0 Å². The Bertz CT molecular complexity index is 165. The van der Waals surface area contributed by atoms with Gasteiger partial charge in [0.05, 0.1) is 11.0 Å². The van der Waals surface area contributed by atoms with E-state index in [4.69, 9.17) is 0 Å². The third kappa shape index (κ3) is 1.02. The van der Waals surface area contributed by atoms with Crippen LogP contribution in [0.4, 0.5) is 0 Å². The zero-order chi connectivity index (χ0) is 6.20. The van der Waals surface area contributed by atoms with Crippen molar-refractivity contribution in [1.29, 1.82) is 0 Å². The highest BCUT2D eigenvalue weighted by molar-refractivity contribution is 7.94. The second kappa shape index (κ2) is 1.72. The fourth-order valence-corrected chi connectivity index (χ4v) is 1.77. The average Bonchev–Trinajstić information content (AvgIpc) is 2.44. The SMILES string of the molecule is C[CH]S(=O)(=O)C1CC1. The van der Waals surface area contributed by atoms with Gasteiger partial charge in [-0.05, 0) is 19.8 Å². The number of hydrogen-bond donors (Lipinski definition) is 0. The highest BCUT2D eigenvalue weighted by Gasteiger charge is 2.33. The van der Waals surface area contributed by atoms with E-state index in [-0.39, 0.29) is 5.25 Å². The Kier molecular flexibility index (Phi) is 1.31. The summed E-state index contributed by atoms with van der Waals surface area (Å²) in [4.78, 5) is 0. The molecular weight excluding hydrogens is 124 g/mol. The van der Waals surface area contributed by atoms with E-state index in [9.17, 15) is 8.42 Å². The molecule has 0 atom stereocenters. The van der Waals surface area contributed by atoms with Gasteiger partial charge in [-0.25, -0.2) is 8.42 Å². The molecule has 1 aliphatic carbocycles. The molecule has 0 aromatic carbocycles. The summed E-state index contributed by atoms with van der Waals surface area (Å²) in [6.45, 7) is 1.58. The molecule has 2 nitrogen and oxygen atoms in total. The van der Waals surface area contributed by atoms with Crippen LogP contribution in [0, 0.1) is 5.75 Å². The third-order valence-corrected chi connectivity index (χ3v) is 3.38. The second-order valence-electron chi connectivity index (χ2n) is 2.02. The summed E-state index contributed by atoms with van der Waals surface area (Å²) in [5, 5.41) is -0.0208. The van der Waals surface area contributed by atoms with Gasteiger partial charge in [0.15, 0.2) is 9.84 Å². The van der Waals surface area contributed by atoms with Gasteiger partial charge in [0, 0.05) is 0 Å². The molecule has 1 radical (unpaired) electrons. The maximum Gasteiger partial charge on any atom is 0.157 e. The lowest BCUT2D eigenvalue weighted by molar-refractivity contribution is 0.600. The van der Waals surface area contributed by atoms with Crippen molar-refractivity contribution in [2.45, 2.75) is 25.0 Å². The van der Waals surface area contributed by atoms with Gasteiger partial charge in [0.2, 0.25) is 0 Å². The zero-order valence-electron chi connectivity index (χ0n) is 4.79. The van der Waals surface area contributed by atoms with Crippen molar-refractivity contribution in [3.63, 3.8) is 0 Å². The van der Waals surface area contributed by atoms with Crippen LogP contribution in [0.25, 0.3) is 0 Å². The van der Waals surface area contributed by atoms with Gasteiger partial charge in [0.25, 0.3) is 0 Å². The van der Waals surface area contributed by atoms with Crippen molar-refractivity contribution in [3.8, 4) is 0 Å². The molecule has 1 rings (SSSR count). The van der Waals surface area contributed by atoms with Gasteiger partial charge in [-0.15, -0.1) is 0 Å². The molecule has 0 spiro atoms. The Hall–Kier alpha value is -0.0500. The fraction of sp³-hybridized carbons (Fsp3) is 0.800. The Balaban J connectivity index is 2.65. The lowest BCUT2D eigenvalue weighted by Crippen LogP contribution is -2.03. The summed E-state index contributed by atoms with van der Waals surface area (Å²) >= 11 is 0. The lowest BCUT2D eigenvalue weighted by Gasteiger charge is -1.91. The zero-order valence-corrected chi connectivity index (χ0v) is 5.61. The molecule has 0 heterocycles. The maximum atomic E-state index is 10.7. The summed E-state index contributed by atoms with van der Waals surface area (Å²) in [7, 11) is -2.75. The first-order valence-electron chi connectivity index (χ1n) is 2.70. The van der Waals surface area contributed by atoms with Crippen molar-refractivity contribution in [1.82, 2.24) is 0 Å². The molecule has 0 aromatic rings. The highest BCUT2D eigenvalue weighted by atomic mass is 32.2. The summed E-state index contributed by atoms with van der Waals surface area (Å²) < 4.78 is 21.4. The quantitative estimate of drug-likeness (QED) is 0.557. The fourth-order valence-electron chi connectivity index (χ4n) is 0.589. The van der Waals surface area contributed by atoms with Gasteiger partial charge in [-0.3, -0.25) is 0 Å². The maximum absolute atomic E-state index is 10.7. The molecule has 1 fully saturated rings. The molecule has 0 amide bonds. The smallest absolute Gasteiger partial charge is 0.157 e. The molecule has 0 unspecified atom stereocenters. The van der Waals surface area contributed by atoms with Crippen molar-refractivity contribution >= 4 is 9.84 Å². The molecule has 0 bridgehead atoms. The van der Waals surface area contributed by atoms with Crippen LogP contribution in [0.2, 0.25) is 0 Å². The Morgan fingerprint density at radius 3 is 2.12 bits per heavy atom. The second-order valence-corrected chi connectivity index (χ2v) is 4.34. The molecule has 0 aromatic heterocycles. The van der Waals surface area contributed by atoms with Crippen molar-refractivity contribution < 1.29 is 8.42 Å². The predicted octanol–water partition coefficient (Wildman–Crippen LogP) is 0.745. The first kappa shape index (κ1) is 6.08. The largest absolute Gasteiger partial charge is 0.228 e. The summed E-state index contributed by atoms with van der Waals surface area (Å²) in [5.74, 6) is 1.30. The first-order chi connectivity index (χ1) is 3.67. The third-order valence-electron chi connectivity index (χ3n) is 1.32. The van der Waals surface area contributed by atoms with Crippen LogP contribution in [0.3, 0.4) is 0 Å². The number of rotatable bonds is 2. The molecule has 8 heavy (non-hydrogen) atoms. The number of sulfone groups is 1. The van der Waals surface area contributed by atoms with Gasteiger partial charge in [-0.1, -0.05) is 0 Å². The molecule has 0 aliphatic heterocycles. The summed E-state index contributed by atoms with van der Waals surface area (Å²) in [5.41, 5.74) is 0.